The van der Waals surface area contributed by atoms with E-state index >= 15 is 0 Å². The van der Waals surface area contributed by atoms with Crippen molar-refractivity contribution in [2.24, 2.45) is 16.6 Å². The molecule has 4 nitrogen and oxygen atoms in total. The lowest BCUT2D eigenvalue weighted by atomic mass is 10.0. The van der Waals surface area contributed by atoms with E-state index in [-0.39, 0.29) is 24.0 Å². The van der Waals surface area contributed by atoms with Gasteiger partial charge in [0.25, 0.3) is 0 Å². The normalized spacial score (nSPS) is 13.0. The van der Waals surface area contributed by atoms with Gasteiger partial charge in [0.2, 0.25) is 0 Å². The predicted molar refractivity (Wildman–Crippen MR) is 112 cm³/mol. The molecule has 1 aromatic rings. The first-order valence-electron chi connectivity index (χ1n) is 8.38. The largest absolute Gasteiger partial charge is 0.370 e. The van der Waals surface area contributed by atoms with Crippen LogP contribution in [0, 0.1) is 5.92 Å². The molecule has 0 aromatic heterocycles. The van der Waals surface area contributed by atoms with Gasteiger partial charge in [-0.15, -0.1) is 24.0 Å². The van der Waals surface area contributed by atoms with Crippen molar-refractivity contribution < 1.29 is 0 Å². The van der Waals surface area contributed by atoms with Crippen molar-refractivity contribution in [1.29, 1.82) is 0 Å². The molecule has 3 N–H and O–H groups in total. The summed E-state index contributed by atoms with van der Waals surface area (Å²) in [6, 6.07) is 11.1. The first-order chi connectivity index (χ1) is 10.6. The second kappa shape index (κ2) is 12.6. The second-order valence-corrected chi connectivity index (χ2v) is 6.07. The van der Waals surface area contributed by atoms with Crippen LogP contribution in [0.3, 0.4) is 0 Å². The van der Waals surface area contributed by atoms with Crippen LogP contribution in [0.4, 0.5) is 0 Å². The van der Waals surface area contributed by atoms with Gasteiger partial charge in [0, 0.05) is 19.1 Å². The molecule has 1 aromatic carbocycles. The lowest BCUT2D eigenvalue weighted by molar-refractivity contribution is 0.215. The van der Waals surface area contributed by atoms with Crippen LogP contribution >= 0.6 is 24.0 Å². The second-order valence-electron chi connectivity index (χ2n) is 6.07. The maximum Gasteiger partial charge on any atom is 0.188 e. The van der Waals surface area contributed by atoms with Crippen LogP contribution < -0.4 is 11.1 Å². The average Bonchev–Trinajstić information content (AvgIpc) is 2.52. The summed E-state index contributed by atoms with van der Waals surface area (Å²) in [5.74, 6) is 1.09. The standard InChI is InChI=1S/C18H32N4.HI/c1-5-22(6-2)17(12-16-10-8-7-9-11-16)14-21-18(19)20-13-15(3)4;/h7-11,15,17H,5-6,12-14H2,1-4H3,(H3,19,20,21);1H. The molecule has 23 heavy (non-hydrogen) atoms. The van der Waals surface area contributed by atoms with Crippen LogP contribution in [0.1, 0.15) is 33.3 Å². The molecule has 0 radical (unpaired) electrons. The molecule has 0 aliphatic carbocycles. The molecule has 1 unspecified atom stereocenters. The van der Waals surface area contributed by atoms with Gasteiger partial charge in [-0.3, -0.25) is 9.89 Å². The Morgan fingerprint density at radius 2 is 1.78 bits per heavy atom. The zero-order valence-corrected chi connectivity index (χ0v) is 17.3. The van der Waals surface area contributed by atoms with E-state index in [4.69, 9.17) is 5.73 Å². The Morgan fingerprint density at radius 3 is 2.30 bits per heavy atom. The quantitative estimate of drug-likeness (QED) is 0.358. The summed E-state index contributed by atoms with van der Waals surface area (Å²) in [4.78, 5) is 6.85. The molecule has 0 saturated carbocycles. The number of hydrogen-bond donors (Lipinski definition) is 2. The molecule has 0 aliphatic rings. The fourth-order valence-electron chi connectivity index (χ4n) is 2.52. The summed E-state index contributed by atoms with van der Waals surface area (Å²) in [6.45, 7) is 12.4. The van der Waals surface area contributed by atoms with E-state index in [0.717, 1.165) is 32.6 Å². The number of aliphatic imine (C=N–C) groups is 1. The van der Waals surface area contributed by atoms with Gasteiger partial charge in [0.05, 0.1) is 0 Å². The minimum atomic E-state index is 0. The highest BCUT2D eigenvalue weighted by Crippen LogP contribution is 2.08. The van der Waals surface area contributed by atoms with Gasteiger partial charge in [-0.05, 0) is 31.0 Å². The Hall–Kier alpha value is -0.820. The maximum atomic E-state index is 5.97. The Bertz CT molecular complexity index is 430. The van der Waals surface area contributed by atoms with Crippen LogP contribution in [0.5, 0.6) is 0 Å². The molecule has 0 bridgehead atoms. The van der Waals surface area contributed by atoms with Gasteiger partial charge < -0.3 is 11.1 Å². The summed E-state index contributed by atoms with van der Waals surface area (Å²) in [5.41, 5.74) is 7.33. The monoisotopic (exact) mass is 432 g/mol. The van der Waals surface area contributed by atoms with Crippen LogP contribution in [-0.4, -0.2) is 43.1 Å². The first-order valence-corrected chi connectivity index (χ1v) is 8.38. The minimum absolute atomic E-state index is 0. The summed E-state index contributed by atoms with van der Waals surface area (Å²) in [6.07, 6.45) is 1.02. The molecule has 5 heteroatoms. The van der Waals surface area contributed by atoms with E-state index in [1.54, 1.807) is 0 Å². The molecule has 0 fully saturated rings. The van der Waals surface area contributed by atoms with Gasteiger partial charge in [0.15, 0.2) is 5.96 Å². The third-order valence-electron chi connectivity index (χ3n) is 3.79. The topological polar surface area (TPSA) is 53.6 Å². The van der Waals surface area contributed by atoms with Crippen molar-refractivity contribution in [1.82, 2.24) is 10.2 Å². The molecule has 0 heterocycles. The summed E-state index contributed by atoms with van der Waals surface area (Å²) in [7, 11) is 0. The van der Waals surface area contributed by atoms with E-state index in [1.165, 1.54) is 5.56 Å². The highest BCUT2D eigenvalue weighted by Gasteiger charge is 2.16. The number of halogens is 1. The van der Waals surface area contributed by atoms with Crippen molar-refractivity contribution in [2.75, 3.05) is 26.2 Å². The van der Waals surface area contributed by atoms with Gasteiger partial charge in [-0.25, -0.2) is 0 Å². The van der Waals surface area contributed by atoms with Gasteiger partial charge >= 0.3 is 0 Å². The summed E-state index contributed by atoms with van der Waals surface area (Å²) >= 11 is 0. The number of hydrogen-bond acceptors (Lipinski definition) is 2. The lowest BCUT2D eigenvalue weighted by Gasteiger charge is -2.30. The molecule has 0 amide bonds. The molecular formula is C18H33IN4. The first kappa shape index (κ1) is 22.2. The highest BCUT2D eigenvalue weighted by molar-refractivity contribution is 14.0. The van der Waals surface area contributed by atoms with Gasteiger partial charge in [-0.2, -0.15) is 0 Å². The molecule has 0 spiro atoms. The lowest BCUT2D eigenvalue weighted by Crippen LogP contribution is -2.47. The van der Waals surface area contributed by atoms with Crippen LogP contribution in [0.15, 0.2) is 35.3 Å². The number of benzene rings is 1. The summed E-state index contributed by atoms with van der Waals surface area (Å²) < 4.78 is 0. The third-order valence-corrected chi connectivity index (χ3v) is 3.79. The zero-order valence-electron chi connectivity index (χ0n) is 15.0. The van der Waals surface area contributed by atoms with E-state index in [2.05, 4.69) is 73.2 Å². The van der Waals surface area contributed by atoms with E-state index in [1.807, 2.05) is 0 Å². The fraction of sp³-hybridized carbons (Fsp3) is 0.611. The third kappa shape index (κ3) is 9.15. The highest BCUT2D eigenvalue weighted by atomic mass is 127. The maximum absolute atomic E-state index is 5.97. The zero-order chi connectivity index (χ0) is 16.4. The molecule has 0 saturated heterocycles. The number of likely N-dealkylation sites (N-methyl/N-ethyl adjacent to an activating group) is 1. The van der Waals surface area contributed by atoms with Gasteiger partial charge in [-0.1, -0.05) is 58.0 Å². The Labute approximate surface area is 158 Å². The van der Waals surface area contributed by atoms with E-state index in [0.29, 0.717) is 17.9 Å². The van der Waals surface area contributed by atoms with E-state index < -0.39 is 0 Å². The molecule has 132 valence electrons. The van der Waals surface area contributed by atoms with Crippen LogP contribution in [0.2, 0.25) is 0 Å². The minimum Gasteiger partial charge on any atom is -0.370 e. The fourth-order valence-corrected chi connectivity index (χ4v) is 2.52. The number of nitrogens with two attached hydrogens (primary N) is 1. The smallest absolute Gasteiger partial charge is 0.188 e. The number of nitrogens with zero attached hydrogens (tertiary/aromatic N) is 2. The van der Waals surface area contributed by atoms with Crippen molar-refractivity contribution in [3.63, 3.8) is 0 Å². The number of guanidine groups is 1. The van der Waals surface area contributed by atoms with Crippen molar-refractivity contribution in [3.05, 3.63) is 35.9 Å². The molecule has 1 atom stereocenters. The molecule has 0 aliphatic heterocycles. The number of rotatable bonds is 9. The Morgan fingerprint density at radius 1 is 1.17 bits per heavy atom. The SMILES string of the molecule is CCN(CC)C(CNC(N)=NCC(C)C)Cc1ccccc1.I. The predicted octanol–water partition coefficient (Wildman–Crippen LogP) is 3.12. The van der Waals surface area contributed by atoms with Crippen molar-refractivity contribution in [3.8, 4) is 0 Å². The molecular weight excluding hydrogens is 399 g/mol. The van der Waals surface area contributed by atoms with Crippen LogP contribution in [-0.2, 0) is 6.42 Å². The number of nitrogens with one attached hydrogen (secondary N) is 1. The van der Waals surface area contributed by atoms with Gasteiger partial charge in [0.1, 0.15) is 0 Å². The van der Waals surface area contributed by atoms with Crippen molar-refractivity contribution >= 4 is 29.9 Å². The Balaban J connectivity index is 0.00000484. The van der Waals surface area contributed by atoms with Crippen molar-refractivity contribution in [2.45, 2.75) is 40.2 Å². The van der Waals surface area contributed by atoms with Crippen LogP contribution in [0.25, 0.3) is 0 Å². The summed E-state index contributed by atoms with van der Waals surface area (Å²) in [5, 5.41) is 3.29. The Kier molecular flexibility index (Phi) is 12.1. The van der Waals surface area contributed by atoms with E-state index in [9.17, 15) is 0 Å². The average molecular weight is 432 g/mol. The molecule has 1 rings (SSSR count).